The highest BCUT2D eigenvalue weighted by molar-refractivity contribution is 6.30. The maximum atomic E-state index is 13.7. The Morgan fingerprint density at radius 1 is 1.30 bits per heavy atom. The molecule has 0 bridgehead atoms. The van der Waals surface area contributed by atoms with Gasteiger partial charge < -0.3 is 10.1 Å². The second kappa shape index (κ2) is 8.19. The third kappa shape index (κ3) is 4.46. The first-order valence-corrected chi connectivity index (χ1v) is 8.80. The molecule has 0 spiro atoms. The summed E-state index contributed by atoms with van der Waals surface area (Å²) in [6.45, 7) is -0.933. The molecular formula is C18H13ClF3N3O5. The Bertz CT molecular complexity index is 1010. The second-order valence-corrected chi connectivity index (χ2v) is 6.68. The molecule has 3 rings (SSSR count). The molecule has 12 heteroatoms. The molecule has 2 amide bonds. The fraction of sp³-hybridized carbons (Fsp3) is 0.222. The van der Waals surface area contributed by atoms with Crippen molar-refractivity contribution in [3.63, 3.8) is 0 Å². The van der Waals surface area contributed by atoms with Crippen molar-refractivity contribution >= 4 is 40.5 Å². The molecule has 0 aliphatic carbocycles. The smallest absolute Gasteiger partial charge is 0.409 e. The van der Waals surface area contributed by atoms with E-state index < -0.39 is 47.7 Å². The van der Waals surface area contributed by atoms with Gasteiger partial charge in [-0.1, -0.05) is 23.7 Å². The number of halogens is 4. The maximum Gasteiger partial charge on any atom is 0.409 e. The summed E-state index contributed by atoms with van der Waals surface area (Å²) < 4.78 is 46.1. The van der Waals surface area contributed by atoms with E-state index in [2.05, 4.69) is 5.32 Å². The zero-order chi connectivity index (χ0) is 22.1. The van der Waals surface area contributed by atoms with Gasteiger partial charge in [-0.05, 0) is 24.3 Å². The number of carbonyl (C=O) groups is 2. The predicted molar refractivity (Wildman–Crippen MR) is 101 cm³/mol. The standard InChI is InChI=1S/C18H13ClF3N3O5/c19-10-5-6-14(13(7-10)25(28)29)30-9-17(27)24-12-4-2-1-3-11(12)23-16(26)8-15(24)18(20,21)22/h1-7,15H,8-9H2,(H,23,26)/t15-/m0/s1. The zero-order valence-corrected chi connectivity index (χ0v) is 15.7. The summed E-state index contributed by atoms with van der Waals surface area (Å²) in [5.74, 6) is -2.38. The molecule has 0 saturated carbocycles. The van der Waals surface area contributed by atoms with Gasteiger partial charge in [-0.2, -0.15) is 13.2 Å². The Labute approximate surface area is 172 Å². The lowest BCUT2D eigenvalue weighted by Gasteiger charge is -2.31. The number of nitrogens with zero attached hydrogens (tertiary/aromatic N) is 2. The first-order valence-electron chi connectivity index (χ1n) is 8.42. The number of hydrogen-bond acceptors (Lipinski definition) is 5. The maximum absolute atomic E-state index is 13.7. The monoisotopic (exact) mass is 443 g/mol. The van der Waals surface area contributed by atoms with E-state index in [-0.39, 0.29) is 22.1 Å². The molecule has 0 unspecified atom stereocenters. The minimum Gasteiger partial charge on any atom is -0.477 e. The lowest BCUT2D eigenvalue weighted by atomic mass is 10.1. The van der Waals surface area contributed by atoms with E-state index in [1.54, 1.807) is 0 Å². The molecular weight excluding hydrogens is 431 g/mol. The average molecular weight is 444 g/mol. The van der Waals surface area contributed by atoms with Crippen molar-refractivity contribution in [2.24, 2.45) is 0 Å². The van der Waals surface area contributed by atoms with Crippen molar-refractivity contribution in [3.05, 3.63) is 57.6 Å². The number of ether oxygens (including phenoxy) is 1. The van der Waals surface area contributed by atoms with Crippen molar-refractivity contribution in [2.75, 3.05) is 16.8 Å². The molecule has 0 fully saturated rings. The Hall–Kier alpha value is -3.34. The Morgan fingerprint density at radius 2 is 2.00 bits per heavy atom. The van der Waals surface area contributed by atoms with Gasteiger partial charge in [0.15, 0.2) is 12.4 Å². The highest BCUT2D eigenvalue weighted by Crippen LogP contribution is 2.38. The number of carbonyl (C=O) groups excluding carboxylic acids is 2. The van der Waals surface area contributed by atoms with E-state index in [1.807, 2.05) is 0 Å². The van der Waals surface area contributed by atoms with Crippen LogP contribution in [0, 0.1) is 10.1 Å². The number of hydrogen-bond donors (Lipinski definition) is 1. The quantitative estimate of drug-likeness (QED) is 0.569. The van der Waals surface area contributed by atoms with Gasteiger partial charge in [-0.3, -0.25) is 24.6 Å². The highest BCUT2D eigenvalue weighted by Gasteiger charge is 2.49. The second-order valence-electron chi connectivity index (χ2n) is 6.25. The van der Waals surface area contributed by atoms with Crippen molar-refractivity contribution in [1.82, 2.24) is 0 Å². The highest BCUT2D eigenvalue weighted by atomic mass is 35.5. The molecule has 1 atom stereocenters. The van der Waals surface area contributed by atoms with Crippen molar-refractivity contribution in [3.8, 4) is 5.75 Å². The van der Waals surface area contributed by atoms with Crippen LogP contribution in [0.1, 0.15) is 6.42 Å². The SMILES string of the molecule is O=C1C[C@@H](C(F)(F)F)N(C(=O)COc2ccc(Cl)cc2[N+](=O)[O-])c2ccccc2N1. The number of para-hydroxylation sites is 2. The van der Waals surface area contributed by atoms with Gasteiger partial charge in [0.2, 0.25) is 5.91 Å². The van der Waals surface area contributed by atoms with E-state index >= 15 is 0 Å². The van der Waals surface area contributed by atoms with Crippen LogP contribution in [-0.2, 0) is 9.59 Å². The number of alkyl halides is 3. The van der Waals surface area contributed by atoms with E-state index in [1.165, 1.54) is 30.3 Å². The minimum absolute atomic E-state index is 0.0278. The summed E-state index contributed by atoms with van der Waals surface area (Å²) in [5, 5.41) is 13.5. The van der Waals surface area contributed by atoms with Gasteiger partial charge in [-0.25, -0.2) is 0 Å². The predicted octanol–water partition coefficient (Wildman–Crippen LogP) is 3.93. The Morgan fingerprint density at radius 3 is 2.67 bits per heavy atom. The van der Waals surface area contributed by atoms with Gasteiger partial charge in [0.25, 0.3) is 5.91 Å². The first kappa shape index (κ1) is 21.4. The molecule has 1 N–H and O–H groups in total. The fourth-order valence-electron chi connectivity index (χ4n) is 2.96. The summed E-state index contributed by atoms with van der Waals surface area (Å²) >= 11 is 5.70. The average Bonchev–Trinajstić information content (AvgIpc) is 2.82. The van der Waals surface area contributed by atoms with Gasteiger partial charge in [-0.15, -0.1) is 0 Å². The molecule has 8 nitrogen and oxygen atoms in total. The summed E-state index contributed by atoms with van der Waals surface area (Å²) in [5.41, 5.74) is -0.680. The fourth-order valence-corrected chi connectivity index (χ4v) is 3.13. The van der Waals surface area contributed by atoms with Crippen molar-refractivity contribution in [2.45, 2.75) is 18.6 Å². The molecule has 158 valence electrons. The number of fused-ring (bicyclic) bond motifs is 1. The minimum atomic E-state index is -4.91. The largest absolute Gasteiger partial charge is 0.477 e. The lowest BCUT2D eigenvalue weighted by molar-refractivity contribution is -0.385. The van der Waals surface area contributed by atoms with Crippen LogP contribution in [0.4, 0.5) is 30.2 Å². The molecule has 0 radical (unpaired) electrons. The van der Waals surface area contributed by atoms with Crippen LogP contribution in [0.2, 0.25) is 5.02 Å². The van der Waals surface area contributed by atoms with Gasteiger partial charge in [0, 0.05) is 11.1 Å². The molecule has 2 aromatic rings. The summed E-state index contributed by atoms with van der Waals surface area (Å²) in [7, 11) is 0. The van der Waals surface area contributed by atoms with Crippen LogP contribution in [0.3, 0.4) is 0 Å². The number of amides is 2. The number of nitro benzene ring substituents is 1. The number of nitrogens with one attached hydrogen (secondary N) is 1. The molecule has 0 saturated heterocycles. The van der Waals surface area contributed by atoms with Gasteiger partial charge >= 0.3 is 11.9 Å². The van der Waals surface area contributed by atoms with E-state index in [9.17, 15) is 32.9 Å². The number of benzene rings is 2. The molecule has 2 aromatic carbocycles. The number of anilines is 2. The summed E-state index contributed by atoms with van der Waals surface area (Å²) in [6, 6.07) is 6.48. The van der Waals surface area contributed by atoms with Gasteiger partial charge in [0.1, 0.15) is 6.04 Å². The van der Waals surface area contributed by atoms with Gasteiger partial charge in [0.05, 0.1) is 22.7 Å². The van der Waals surface area contributed by atoms with Crippen LogP contribution in [0.15, 0.2) is 42.5 Å². The van der Waals surface area contributed by atoms with E-state index in [4.69, 9.17) is 16.3 Å². The Balaban J connectivity index is 1.94. The molecule has 30 heavy (non-hydrogen) atoms. The zero-order valence-electron chi connectivity index (χ0n) is 15.0. The van der Waals surface area contributed by atoms with Crippen molar-refractivity contribution in [1.29, 1.82) is 0 Å². The molecule has 1 heterocycles. The third-order valence-electron chi connectivity index (χ3n) is 4.24. The molecule has 1 aliphatic rings. The normalized spacial score (nSPS) is 16.3. The van der Waals surface area contributed by atoms with E-state index in [0.29, 0.717) is 4.90 Å². The van der Waals surface area contributed by atoms with Crippen LogP contribution >= 0.6 is 11.6 Å². The van der Waals surface area contributed by atoms with Crippen LogP contribution < -0.4 is 15.0 Å². The number of rotatable bonds is 4. The molecule has 0 aromatic heterocycles. The molecule has 1 aliphatic heterocycles. The van der Waals surface area contributed by atoms with Crippen molar-refractivity contribution < 1.29 is 32.4 Å². The van der Waals surface area contributed by atoms with Crippen LogP contribution in [0.5, 0.6) is 5.75 Å². The topological polar surface area (TPSA) is 102 Å². The summed E-state index contributed by atoms with van der Waals surface area (Å²) in [4.78, 5) is 35.5. The van der Waals surface area contributed by atoms with Crippen LogP contribution in [-0.4, -0.2) is 35.6 Å². The summed E-state index contributed by atoms with van der Waals surface area (Å²) in [6.07, 6.45) is -5.91. The van der Waals surface area contributed by atoms with Crippen LogP contribution in [0.25, 0.3) is 0 Å². The number of nitro groups is 1. The lowest BCUT2D eigenvalue weighted by Crippen LogP contribution is -2.51. The third-order valence-corrected chi connectivity index (χ3v) is 4.48. The van der Waals surface area contributed by atoms with E-state index in [0.717, 1.165) is 12.1 Å². The Kier molecular flexibility index (Phi) is 5.83. The first-order chi connectivity index (χ1) is 14.1.